The summed E-state index contributed by atoms with van der Waals surface area (Å²) in [6.45, 7) is 0.861. The Balaban J connectivity index is 1.62. The molecule has 23 heavy (non-hydrogen) atoms. The van der Waals surface area contributed by atoms with E-state index >= 15 is 0 Å². The summed E-state index contributed by atoms with van der Waals surface area (Å²) < 4.78 is 37.7. The first-order valence-corrected chi connectivity index (χ1v) is 7.02. The zero-order valence-corrected chi connectivity index (χ0v) is 12.0. The molecule has 0 saturated carbocycles. The summed E-state index contributed by atoms with van der Waals surface area (Å²) in [6, 6.07) is 2.51. The standard InChI is InChI=1S/C14H14F3N5O/c15-14(16,17)11-6-9(7-20-11)12(23)22-5-2-10(8-22)21-13-18-3-1-4-19-13/h1,3-4,6-7,10,20H,2,5,8H2,(H,18,19,21). The van der Waals surface area contributed by atoms with Crippen molar-refractivity contribution in [3.63, 3.8) is 0 Å². The number of alkyl halides is 3. The van der Waals surface area contributed by atoms with Crippen LogP contribution in [0.1, 0.15) is 22.5 Å². The van der Waals surface area contributed by atoms with Crippen molar-refractivity contribution in [3.8, 4) is 0 Å². The summed E-state index contributed by atoms with van der Waals surface area (Å²) in [5.41, 5.74) is -0.915. The number of likely N-dealkylation sites (tertiary alicyclic amines) is 1. The number of H-pyrrole nitrogens is 1. The van der Waals surface area contributed by atoms with Crippen molar-refractivity contribution in [2.75, 3.05) is 18.4 Å². The minimum absolute atomic E-state index is 0.00827. The molecular formula is C14H14F3N5O. The van der Waals surface area contributed by atoms with E-state index in [9.17, 15) is 18.0 Å². The maximum atomic E-state index is 12.6. The van der Waals surface area contributed by atoms with E-state index in [-0.39, 0.29) is 11.6 Å². The van der Waals surface area contributed by atoms with Gasteiger partial charge >= 0.3 is 6.18 Å². The second kappa shape index (κ2) is 5.90. The second-order valence-electron chi connectivity index (χ2n) is 5.25. The average Bonchev–Trinajstić information content (AvgIpc) is 3.16. The lowest BCUT2D eigenvalue weighted by Crippen LogP contribution is -2.31. The monoisotopic (exact) mass is 325 g/mol. The molecule has 0 spiro atoms. The van der Waals surface area contributed by atoms with E-state index in [0.717, 1.165) is 12.3 Å². The van der Waals surface area contributed by atoms with E-state index in [1.165, 1.54) is 4.90 Å². The minimum atomic E-state index is -4.49. The van der Waals surface area contributed by atoms with Crippen LogP contribution in [0.2, 0.25) is 0 Å². The van der Waals surface area contributed by atoms with Gasteiger partial charge < -0.3 is 15.2 Å². The largest absolute Gasteiger partial charge is 0.431 e. The highest BCUT2D eigenvalue weighted by atomic mass is 19.4. The molecule has 3 heterocycles. The SMILES string of the molecule is O=C(c1c[nH]c(C(F)(F)F)c1)N1CCC(Nc2ncccn2)C1. The molecule has 0 bridgehead atoms. The van der Waals surface area contributed by atoms with Crippen LogP contribution >= 0.6 is 0 Å². The summed E-state index contributed by atoms with van der Waals surface area (Å²) in [5, 5.41) is 3.10. The fraction of sp³-hybridized carbons (Fsp3) is 0.357. The molecule has 1 unspecified atom stereocenters. The van der Waals surface area contributed by atoms with E-state index in [1.54, 1.807) is 18.5 Å². The van der Waals surface area contributed by atoms with Gasteiger partial charge in [0.05, 0.1) is 5.56 Å². The van der Waals surface area contributed by atoms with Crippen LogP contribution in [0.5, 0.6) is 0 Å². The third kappa shape index (κ3) is 3.43. The third-order valence-corrected chi connectivity index (χ3v) is 3.61. The Labute approximate surface area is 129 Å². The highest BCUT2D eigenvalue weighted by Crippen LogP contribution is 2.29. The predicted octanol–water partition coefficient (Wildman–Crippen LogP) is 2.15. The van der Waals surface area contributed by atoms with Crippen molar-refractivity contribution >= 4 is 11.9 Å². The average molecular weight is 325 g/mol. The molecule has 3 rings (SSSR count). The summed E-state index contributed by atoms with van der Waals surface area (Å²) in [5.74, 6) is 0.0443. The Bertz CT molecular complexity index is 685. The predicted molar refractivity (Wildman–Crippen MR) is 75.8 cm³/mol. The van der Waals surface area contributed by atoms with E-state index in [2.05, 4.69) is 20.3 Å². The summed E-state index contributed by atoms with van der Waals surface area (Å²) in [7, 11) is 0. The van der Waals surface area contributed by atoms with Crippen LogP contribution in [0.25, 0.3) is 0 Å². The molecule has 122 valence electrons. The fourth-order valence-electron chi connectivity index (χ4n) is 2.48. The fourth-order valence-corrected chi connectivity index (χ4v) is 2.48. The quantitative estimate of drug-likeness (QED) is 0.907. The molecule has 1 saturated heterocycles. The lowest BCUT2D eigenvalue weighted by atomic mass is 10.2. The Morgan fingerprint density at radius 3 is 2.74 bits per heavy atom. The van der Waals surface area contributed by atoms with E-state index < -0.39 is 17.8 Å². The van der Waals surface area contributed by atoms with Crippen LogP contribution in [0.3, 0.4) is 0 Å². The van der Waals surface area contributed by atoms with Gasteiger partial charge in [-0.1, -0.05) is 0 Å². The topological polar surface area (TPSA) is 73.9 Å². The third-order valence-electron chi connectivity index (χ3n) is 3.61. The van der Waals surface area contributed by atoms with E-state index in [4.69, 9.17) is 0 Å². The van der Waals surface area contributed by atoms with Crippen LogP contribution in [-0.2, 0) is 6.18 Å². The normalized spacial score (nSPS) is 18.2. The zero-order chi connectivity index (χ0) is 16.4. The summed E-state index contributed by atoms with van der Waals surface area (Å²) >= 11 is 0. The van der Waals surface area contributed by atoms with Crippen LogP contribution in [0, 0.1) is 0 Å². The number of aromatic nitrogens is 3. The first-order valence-electron chi connectivity index (χ1n) is 7.02. The number of hydrogen-bond acceptors (Lipinski definition) is 4. The highest BCUT2D eigenvalue weighted by Gasteiger charge is 2.34. The molecule has 2 N–H and O–H groups in total. The molecular weight excluding hydrogens is 311 g/mol. The molecule has 2 aromatic rings. The number of rotatable bonds is 3. The number of carbonyl (C=O) groups is 1. The molecule has 0 aliphatic carbocycles. The van der Waals surface area contributed by atoms with Crippen LogP contribution in [0.4, 0.5) is 19.1 Å². The van der Waals surface area contributed by atoms with Crippen LogP contribution in [0.15, 0.2) is 30.7 Å². The van der Waals surface area contributed by atoms with Gasteiger partial charge in [-0.05, 0) is 18.6 Å². The van der Waals surface area contributed by atoms with E-state index in [1.807, 2.05) is 0 Å². The van der Waals surface area contributed by atoms with E-state index in [0.29, 0.717) is 25.5 Å². The Morgan fingerprint density at radius 2 is 2.09 bits per heavy atom. The zero-order valence-electron chi connectivity index (χ0n) is 12.0. The van der Waals surface area contributed by atoms with Gasteiger partial charge in [-0.25, -0.2) is 9.97 Å². The van der Waals surface area contributed by atoms with Gasteiger partial charge in [0.1, 0.15) is 5.69 Å². The lowest BCUT2D eigenvalue weighted by molar-refractivity contribution is -0.140. The molecule has 1 amide bonds. The number of nitrogens with one attached hydrogen (secondary N) is 2. The number of nitrogens with zero attached hydrogens (tertiary/aromatic N) is 3. The number of hydrogen-bond donors (Lipinski definition) is 2. The summed E-state index contributed by atoms with van der Waals surface area (Å²) in [4.78, 5) is 24.0. The molecule has 1 aliphatic heterocycles. The molecule has 2 aromatic heterocycles. The van der Waals surface area contributed by atoms with Crippen LogP contribution < -0.4 is 5.32 Å². The second-order valence-corrected chi connectivity index (χ2v) is 5.25. The summed E-state index contributed by atoms with van der Waals surface area (Å²) in [6.07, 6.45) is 0.488. The first-order chi connectivity index (χ1) is 10.9. The maximum absolute atomic E-state index is 12.6. The first kappa shape index (κ1) is 15.3. The molecule has 1 aliphatic rings. The van der Waals surface area contributed by atoms with Crippen molar-refractivity contribution in [2.24, 2.45) is 0 Å². The molecule has 1 atom stereocenters. The highest BCUT2D eigenvalue weighted by molar-refractivity contribution is 5.94. The molecule has 1 fully saturated rings. The lowest BCUT2D eigenvalue weighted by Gasteiger charge is -2.16. The molecule has 9 heteroatoms. The number of aromatic amines is 1. The van der Waals surface area contributed by atoms with Crippen molar-refractivity contribution in [3.05, 3.63) is 42.0 Å². The number of halogens is 3. The smallest absolute Gasteiger partial charge is 0.357 e. The maximum Gasteiger partial charge on any atom is 0.431 e. The van der Waals surface area contributed by atoms with Crippen molar-refractivity contribution in [1.82, 2.24) is 19.9 Å². The Morgan fingerprint density at radius 1 is 1.35 bits per heavy atom. The van der Waals surface area contributed by atoms with Crippen molar-refractivity contribution in [2.45, 2.75) is 18.6 Å². The Hall–Kier alpha value is -2.58. The van der Waals surface area contributed by atoms with Gasteiger partial charge in [-0.3, -0.25) is 4.79 Å². The van der Waals surface area contributed by atoms with Crippen molar-refractivity contribution in [1.29, 1.82) is 0 Å². The molecule has 0 radical (unpaired) electrons. The van der Waals surface area contributed by atoms with Gasteiger partial charge in [0.25, 0.3) is 5.91 Å². The van der Waals surface area contributed by atoms with Gasteiger partial charge in [0.15, 0.2) is 0 Å². The Kier molecular flexibility index (Phi) is 3.93. The van der Waals surface area contributed by atoms with Gasteiger partial charge in [-0.15, -0.1) is 0 Å². The minimum Gasteiger partial charge on any atom is -0.357 e. The van der Waals surface area contributed by atoms with Crippen molar-refractivity contribution < 1.29 is 18.0 Å². The van der Waals surface area contributed by atoms with Crippen LogP contribution in [-0.4, -0.2) is 44.9 Å². The number of carbonyl (C=O) groups excluding carboxylic acids is 1. The molecule has 0 aromatic carbocycles. The molecule has 6 nitrogen and oxygen atoms in total. The van der Waals surface area contributed by atoms with Gasteiger partial charge in [-0.2, -0.15) is 13.2 Å². The van der Waals surface area contributed by atoms with Gasteiger partial charge in [0.2, 0.25) is 5.95 Å². The number of amides is 1. The number of anilines is 1. The van der Waals surface area contributed by atoms with Gasteiger partial charge in [0, 0.05) is 37.7 Å².